The third-order valence-corrected chi connectivity index (χ3v) is 3.58. The Morgan fingerprint density at radius 2 is 2.05 bits per heavy atom. The van der Waals surface area contributed by atoms with E-state index in [-0.39, 0.29) is 23.1 Å². The van der Waals surface area contributed by atoms with Crippen LogP contribution in [0.5, 0.6) is 5.75 Å². The number of nitrogens with zero attached hydrogens (tertiary/aromatic N) is 1. The second-order valence-electron chi connectivity index (χ2n) is 5.52. The molecule has 5 nitrogen and oxygen atoms in total. The van der Waals surface area contributed by atoms with Gasteiger partial charge in [0.25, 0.3) is 5.91 Å². The number of hydrogen-bond donors (Lipinski definition) is 1. The molecule has 3 rings (SSSR count). The summed E-state index contributed by atoms with van der Waals surface area (Å²) in [7, 11) is 1.73. The van der Waals surface area contributed by atoms with Crippen molar-refractivity contribution in [2.24, 2.45) is 7.05 Å². The smallest absolute Gasteiger partial charge is 0.268 e. The Morgan fingerprint density at radius 3 is 2.73 bits per heavy atom. The van der Waals surface area contributed by atoms with Gasteiger partial charge in [0.15, 0.2) is 5.75 Å². The molecular weight excluding hydrogens is 280 g/mol. The number of aryl methyl sites for hydroxylation is 1. The van der Waals surface area contributed by atoms with Crippen LogP contribution in [0, 0.1) is 0 Å². The molecule has 1 heterocycles. The van der Waals surface area contributed by atoms with Gasteiger partial charge in [-0.25, -0.2) is 0 Å². The number of benzene rings is 1. The minimum atomic E-state index is -0.282. The van der Waals surface area contributed by atoms with E-state index in [1.807, 2.05) is 30.3 Å². The number of amides is 1. The number of carbonyl (C=O) groups excluding carboxylic acids is 1. The molecule has 0 bridgehead atoms. The highest BCUT2D eigenvalue weighted by molar-refractivity contribution is 5.93. The molecule has 1 aromatic heterocycles. The third kappa shape index (κ3) is 3.36. The molecule has 0 aliphatic heterocycles. The van der Waals surface area contributed by atoms with Gasteiger partial charge in [0.05, 0.1) is 6.20 Å². The number of nitrogens with one attached hydrogen (secondary N) is 1. The maximum atomic E-state index is 12.1. The van der Waals surface area contributed by atoms with Crippen molar-refractivity contribution in [2.75, 3.05) is 0 Å². The topological polar surface area (TPSA) is 60.3 Å². The molecule has 22 heavy (non-hydrogen) atoms. The van der Waals surface area contributed by atoms with E-state index in [9.17, 15) is 9.59 Å². The first-order valence-electron chi connectivity index (χ1n) is 7.32. The van der Waals surface area contributed by atoms with Crippen molar-refractivity contribution < 1.29 is 9.53 Å². The summed E-state index contributed by atoms with van der Waals surface area (Å²) >= 11 is 0. The molecular formula is C17H18N2O3. The number of carbonyl (C=O) groups is 1. The molecule has 1 aliphatic carbocycles. The predicted octanol–water partition coefficient (Wildman–Crippen LogP) is 1.86. The fourth-order valence-electron chi connectivity index (χ4n) is 2.16. The second-order valence-corrected chi connectivity index (χ2v) is 5.52. The second kappa shape index (κ2) is 6.05. The molecule has 114 valence electrons. The van der Waals surface area contributed by atoms with Gasteiger partial charge in [-0.05, 0) is 18.4 Å². The summed E-state index contributed by atoms with van der Waals surface area (Å²) in [5, 5.41) is 2.88. The lowest BCUT2D eigenvalue weighted by Crippen LogP contribution is -2.29. The molecule has 0 atom stereocenters. The molecule has 0 radical (unpaired) electrons. The van der Waals surface area contributed by atoms with Crippen LogP contribution in [0.2, 0.25) is 0 Å². The summed E-state index contributed by atoms with van der Waals surface area (Å²) in [6, 6.07) is 11.2. The Kier molecular flexibility index (Phi) is 3.96. The largest absolute Gasteiger partial charge is 0.483 e. The maximum absolute atomic E-state index is 12.1. The number of ether oxygens (including phenoxy) is 1. The molecule has 2 aromatic rings. The molecule has 5 heteroatoms. The van der Waals surface area contributed by atoms with E-state index in [0.717, 1.165) is 18.4 Å². The minimum absolute atomic E-state index is 0.211. The fraction of sp³-hybridized carbons (Fsp3) is 0.294. The Bertz CT molecular complexity index is 733. The van der Waals surface area contributed by atoms with E-state index in [4.69, 9.17) is 4.74 Å². The van der Waals surface area contributed by atoms with E-state index in [1.165, 1.54) is 6.07 Å². The molecule has 1 N–H and O–H groups in total. The van der Waals surface area contributed by atoms with Crippen LogP contribution in [0.4, 0.5) is 0 Å². The summed E-state index contributed by atoms with van der Waals surface area (Å²) in [5.74, 6) is 0.0334. The number of hydrogen-bond acceptors (Lipinski definition) is 3. The van der Waals surface area contributed by atoms with E-state index in [1.54, 1.807) is 17.8 Å². The molecule has 1 saturated carbocycles. The lowest BCUT2D eigenvalue weighted by atomic mass is 10.2. The van der Waals surface area contributed by atoms with Crippen LogP contribution in [-0.2, 0) is 13.7 Å². The standard InChI is InChI=1S/C17H18N2O3/c1-19-10-16(22-11-12-5-3-2-4-6-12)15(20)9-14(19)17(21)18-13-7-8-13/h2-6,9-10,13H,7-8,11H2,1H3,(H,18,21). The van der Waals surface area contributed by atoms with Crippen molar-refractivity contribution in [3.05, 3.63) is 64.1 Å². The molecule has 1 fully saturated rings. The van der Waals surface area contributed by atoms with E-state index < -0.39 is 0 Å². The molecule has 1 amide bonds. The van der Waals surface area contributed by atoms with Crippen LogP contribution >= 0.6 is 0 Å². The minimum Gasteiger partial charge on any atom is -0.483 e. The fourth-order valence-corrected chi connectivity index (χ4v) is 2.16. The average molecular weight is 298 g/mol. The van der Waals surface area contributed by atoms with Gasteiger partial charge >= 0.3 is 0 Å². The van der Waals surface area contributed by atoms with Gasteiger partial charge in [-0.1, -0.05) is 30.3 Å². The zero-order chi connectivity index (χ0) is 15.5. The number of rotatable bonds is 5. The lowest BCUT2D eigenvalue weighted by Gasteiger charge is -2.11. The highest BCUT2D eigenvalue weighted by Crippen LogP contribution is 2.19. The monoisotopic (exact) mass is 298 g/mol. The van der Waals surface area contributed by atoms with E-state index >= 15 is 0 Å². The van der Waals surface area contributed by atoms with Crippen LogP contribution in [0.3, 0.4) is 0 Å². The van der Waals surface area contributed by atoms with Crippen LogP contribution < -0.4 is 15.5 Å². The normalized spacial score (nSPS) is 13.7. The molecule has 1 aliphatic rings. The summed E-state index contributed by atoms with van der Waals surface area (Å²) < 4.78 is 7.19. The van der Waals surface area contributed by atoms with Crippen molar-refractivity contribution in [3.63, 3.8) is 0 Å². The third-order valence-electron chi connectivity index (χ3n) is 3.58. The van der Waals surface area contributed by atoms with Crippen LogP contribution in [0.1, 0.15) is 28.9 Å². The Morgan fingerprint density at radius 1 is 1.32 bits per heavy atom. The first-order chi connectivity index (χ1) is 10.6. The zero-order valence-corrected chi connectivity index (χ0v) is 12.4. The quantitative estimate of drug-likeness (QED) is 0.916. The molecule has 0 unspecified atom stereocenters. The van der Waals surface area contributed by atoms with Gasteiger partial charge in [-0.3, -0.25) is 9.59 Å². The molecule has 0 spiro atoms. The van der Waals surface area contributed by atoms with Crippen LogP contribution in [0.25, 0.3) is 0 Å². The highest BCUT2D eigenvalue weighted by atomic mass is 16.5. The Hall–Kier alpha value is -2.56. The van der Waals surface area contributed by atoms with Gasteiger partial charge in [-0.2, -0.15) is 0 Å². The highest BCUT2D eigenvalue weighted by Gasteiger charge is 2.25. The predicted molar refractivity (Wildman–Crippen MR) is 82.9 cm³/mol. The van der Waals surface area contributed by atoms with Gasteiger partial charge in [0.1, 0.15) is 12.3 Å². The van der Waals surface area contributed by atoms with Crippen molar-refractivity contribution >= 4 is 5.91 Å². The van der Waals surface area contributed by atoms with Gasteiger partial charge < -0.3 is 14.6 Å². The summed E-state index contributed by atoms with van der Waals surface area (Å²) in [4.78, 5) is 24.1. The summed E-state index contributed by atoms with van der Waals surface area (Å²) in [5.41, 5.74) is 1.05. The summed E-state index contributed by atoms with van der Waals surface area (Å²) in [6.45, 7) is 0.323. The lowest BCUT2D eigenvalue weighted by molar-refractivity contribution is 0.0942. The number of aromatic nitrogens is 1. The van der Waals surface area contributed by atoms with E-state index in [0.29, 0.717) is 12.3 Å². The first-order valence-corrected chi connectivity index (χ1v) is 7.32. The van der Waals surface area contributed by atoms with Crippen molar-refractivity contribution in [2.45, 2.75) is 25.5 Å². The van der Waals surface area contributed by atoms with E-state index in [2.05, 4.69) is 5.32 Å². The van der Waals surface area contributed by atoms with Gasteiger partial charge in [0.2, 0.25) is 5.43 Å². The Labute approximate surface area is 128 Å². The van der Waals surface area contributed by atoms with Crippen LogP contribution in [0.15, 0.2) is 47.4 Å². The molecule has 0 saturated heterocycles. The molecule has 1 aromatic carbocycles. The van der Waals surface area contributed by atoms with Gasteiger partial charge in [0, 0.05) is 19.2 Å². The van der Waals surface area contributed by atoms with Crippen molar-refractivity contribution in [1.29, 1.82) is 0 Å². The van der Waals surface area contributed by atoms with Gasteiger partial charge in [-0.15, -0.1) is 0 Å². The average Bonchev–Trinajstić information content (AvgIpc) is 3.32. The first kappa shape index (κ1) is 14.4. The maximum Gasteiger partial charge on any atom is 0.268 e. The van der Waals surface area contributed by atoms with Crippen LogP contribution in [-0.4, -0.2) is 16.5 Å². The summed E-state index contributed by atoms with van der Waals surface area (Å²) in [6.07, 6.45) is 3.59. The Balaban J connectivity index is 1.74. The SMILES string of the molecule is Cn1cc(OCc2ccccc2)c(=O)cc1C(=O)NC1CC1. The number of pyridine rings is 1. The van der Waals surface area contributed by atoms with Crippen molar-refractivity contribution in [3.8, 4) is 5.75 Å². The zero-order valence-electron chi connectivity index (χ0n) is 12.4. The van der Waals surface area contributed by atoms with Crippen molar-refractivity contribution in [1.82, 2.24) is 9.88 Å².